The van der Waals surface area contributed by atoms with E-state index < -0.39 is 0 Å². The Bertz CT molecular complexity index is 362. The van der Waals surface area contributed by atoms with Crippen LogP contribution < -0.4 is 5.32 Å². The van der Waals surface area contributed by atoms with Gasteiger partial charge >= 0.3 is 0 Å². The van der Waals surface area contributed by atoms with Gasteiger partial charge in [0.2, 0.25) is 0 Å². The molecule has 0 aliphatic carbocycles. The van der Waals surface area contributed by atoms with Crippen molar-refractivity contribution in [3.63, 3.8) is 0 Å². The molecule has 1 aromatic carbocycles. The van der Waals surface area contributed by atoms with Crippen molar-refractivity contribution in [2.45, 2.75) is 52.5 Å². The minimum Gasteiger partial charge on any atom is -0.314 e. The van der Waals surface area contributed by atoms with Crippen molar-refractivity contribution in [2.24, 2.45) is 5.92 Å². The molecule has 1 fully saturated rings. The number of rotatable bonds is 3. The largest absolute Gasteiger partial charge is 0.314 e. The van der Waals surface area contributed by atoms with Crippen LogP contribution in [0.15, 0.2) is 18.2 Å². The summed E-state index contributed by atoms with van der Waals surface area (Å²) in [5, 5.41) is 3.59. The molecular weight excluding hydrogens is 206 g/mol. The lowest BCUT2D eigenvalue weighted by atomic mass is 9.90. The molecule has 17 heavy (non-hydrogen) atoms. The summed E-state index contributed by atoms with van der Waals surface area (Å²) in [5.74, 6) is 0.882. The van der Waals surface area contributed by atoms with Gasteiger partial charge in [-0.2, -0.15) is 0 Å². The maximum absolute atomic E-state index is 3.59. The number of hydrogen-bond acceptors (Lipinski definition) is 1. The Morgan fingerprint density at radius 3 is 2.65 bits per heavy atom. The fraction of sp³-hybridized carbons (Fsp3) is 0.625. The molecule has 0 radical (unpaired) electrons. The van der Waals surface area contributed by atoms with E-state index in [0.717, 1.165) is 12.0 Å². The number of benzene rings is 1. The quantitative estimate of drug-likeness (QED) is 0.837. The van der Waals surface area contributed by atoms with E-state index in [4.69, 9.17) is 0 Å². The van der Waals surface area contributed by atoms with E-state index in [0.29, 0.717) is 0 Å². The van der Waals surface area contributed by atoms with Crippen LogP contribution in [-0.2, 0) is 6.42 Å². The van der Waals surface area contributed by atoms with Crippen LogP contribution in [0.5, 0.6) is 0 Å². The zero-order valence-electron chi connectivity index (χ0n) is 11.4. The number of aryl methyl sites for hydroxylation is 3. The molecule has 2 atom stereocenters. The van der Waals surface area contributed by atoms with Crippen LogP contribution >= 0.6 is 0 Å². The first-order valence-electron chi connectivity index (χ1n) is 6.94. The van der Waals surface area contributed by atoms with E-state index in [-0.39, 0.29) is 0 Å². The van der Waals surface area contributed by atoms with Crippen LogP contribution in [0.4, 0.5) is 0 Å². The van der Waals surface area contributed by atoms with Gasteiger partial charge in [-0.15, -0.1) is 0 Å². The maximum Gasteiger partial charge on any atom is 0.00389 e. The summed E-state index contributed by atoms with van der Waals surface area (Å²) in [6.07, 6.45) is 5.32. The Labute approximate surface area is 106 Å². The zero-order chi connectivity index (χ0) is 12.3. The molecular formula is C16H25N. The van der Waals surface area contributed by atoms with Gasteiger partial charge in [0.15, 0.2) is 0 Å². The monoisotopic (exact) mass is 231 g/mol. The summed E-state index contributed by atoms with van der Waals surface area (Å²) in [5.41, 5.74) is 4.34. The summed E-state index contributed by atoms with van der Waals surface area (Å²) < 4.78 is 0. The van der Waals surface area contributed by atoms with E-state index >= 15 is 0 Å². The highest BCUT2D eigenvalue weighted by atomic mass is 14.9. The predicted octanol–water partition coefficient (Wildman–Crippen LogP) is 3.62. The summed E-state index contributed by atoms with van der Waals surface area (Å²) in [4.78, 5) is 0. The molecule has 1 saturated heterocycles. The third-order valence-corrected chi connectivity index (χ3v) is 4.18. The minimum absolute atomic E-state index is 0.730. The van der Waals surface area contributed by atoms with Crippen LogP contribution in [0.3, 0.4) is 0 Å². The van der Waals surface area contributed by atoms with Gasteiger partial charge in [0, 0.05) is 6.04 Å². The average molecular weight is 231 g/mol. The molecule has 1 heterocycles. The van der Waals surface area contributed by atoms with Gasteiger partial charge in [0.25, 0.3) is 0 Å². The molecule has 1 aromatic rings. The van der Waals surface area contributed by atoms with Gasteiger partial charge in [-0.3, -0.25) is 0 Å². The summed E-state index contributed by atoms with van der Waals surface area (Å²) in [6, 6.07) is 7.63. The SMILES string of the molecule is Cc1ccc(CCC2CCC(C)NC2)cc1C. The number of nitrogens with one attached hydrogen (secondary N) is 1. The Morgan fingerprint density at radius 1 is 1.18 bits per heavy atom. The number of piperidine rings is 1. The Morgan fingerprint density at radius 2 is 2.00 bits per heavy atom. The third kappa shape index (κ3) is 3.57. The van der Waals surface area contributed by atoms with Crippen molar-refractivity contribution in [1.82, 2.24) is 5.32 Å². The van der Waals surface area contributed by atoms with Gasteiger partial charge in [0.05, 0.1) is 0 Å². The maximum atomic E-state index is 3.59. The van der Waals surface area contributed by atoms with E-state index in [1.165, 1.54) is 48.9 Å². The molecule has 1 nitrogen and oxygen atoms in total. The van der Waals surface area contributed by atoms with Crippen LogP contribution in [0.2, 0.25) is 0 Å². The molecule has 0 bridgehead atoms. The van der Waals surface area contributed by atoms with Gasteiger partial charge in [-0.1, -0.05) is 18.2 Å². The molecule has 0 amide bonds. The summed E-state index contributed by atoms with van der Waals surface area (Å²) in [7, 11) is 0. The third-order valence-electron chi connectivity index (χ3n) is 4.18. The fourth-order valence-corrected chi connectivity index (χ4v) is 2.63. The van der Waals surface area contributed by atoms with E-state index in [2.05, 4.69) is 44.3 Å². The van der Waals surface area contributed by atoms with Crippen LogP contribution in [0.1, 0.15) is 42.9 Å². The summed E-state index contributed by atoms with van der Waals surface area (Å²) in [6.45, 7) is 7.90. The lowest BCUT2D eigenvalue weighted by molar-refractivity contribution is 0.309. The standard InChI is InChI=1S/C16H25N/c1-12-4-6-15(10-13(12)2)8-9-16-7-5-14(3)17-11-16/h4,6,10,14,16-17H,5,7-9,11H2,1-3H3. The van der Waals surface area contributed by atoms with Gasteiger partial charge in [-0.25, -0.2) is 0 Å². The topological polar surface area (TPSA) is 12.0 Å². The molecule has 1 heteroatoms. The molecule has 1 aliphatic rings. The molecule has 2 rings (SSSR count). The zero-order valence-corrected chi connectivity index (χ0v) is 11.4. The average Bonchev–Trinajstić information content (AvgIpc) is 2.33. The van der Waals surface area contributed by atoms with Gasteiger partial charge < -0.3 is 5.32 Å². The molecule has 1 aliphatic heterocycles. The van der Waals surface area contributed by atoms with Crippen LogP contribution in [0, 0.1) is 19.8 Å². The van der Waals surface area contributed by atoms with Crippen LogP contribution in [-0.4, -0.2) is 12.6 Å². The highest BCUT2D eigenvalue weighted by Crippen LogP contribution is 2.20. The molecule has 2 unspecified atom stereocenters. The van der Waals surface area contributed by atoms with Crippen molar-refractivity contribution < 1.29 is 0 Å². The van der Waals surface area contributed by atoms with E-state index in [9.17, 15) is 0 Å². The van der Waals surface area contributed by atoms with Gasteiger partial charge in [-0.05, 0) is 75.6 Å². The number of hydrogen-bond donors (Lipinski definition) is 1. The Hall–Kier alpha value is -0.820. The fourth-order valence-electron chi connectivity index (χ4n) is 2.63. The summed E-state index contributed by atoms with van der Waals surface area (Å²) >= 11 is 0. The van der Waals surface area contributed by atoms with Crippen molar-refractivity contribution in [2.75, 3.05) is 6.54 Å². The van der Waals surface area contributed by atoms with Crippen LogP contribution in [0.25, 0.3) is 0 Å². The second kappa shape index (κ2) is 5.68. The molecule has 0 spiro atoms. The lowest BCUT2D eigenvalue weighted by Gasteiger charge is -2.27. The lowest BCUT2D eigenvalue weighted by Crippen LogP contribution is -2.36. The highest BCUT2D eigenvalue weighted by Gasteiger charge is 2.16. The second-order valence-corrected chi connectivity index (χ2v) is 5.71. The van der Waals surface area contributed by atoms with Crippen molar-refractivity contribution >= 4 is 0 Å². The smallest absolute Gasteiger partial charge is 0.00389 e. The first-order chi connectivity index (χ1) is 8.15. The predicted molar refractivity (Wildman–Crippen MR) is 74.4 cm³/mol. The van der Waals surface area contributed by atoms with E-state index in [1.54, 1.807) is 0 Å². The molecule has 94 valence electrons. The normalized spacial score (nSPS) is 24.9. The molecule has 0 aromatic heterocycles. The first-order valence-corrected chi connectivity index (χ1v) is 6.94. The van der Waals surface area contributed by atoms with Crippen molar-refractivity contribution in [3.05, 3.63) is 34.9 Å². The van der Waals surface area contributed by atoms with Crippen molar-refractivity contribution in [3.8, 4) is 0 Å². The van der Waals surface area contributed by atoms with Gasteiger partial charge in [0.1, 0.15) is 0 Å². The first kappa shape index (κ1) is 12.6. The second-order valence-electron chi connectivity index (χ2n) is 5.71. The highest BCUT2D eigenvalue weighted by molar-refractivity contribution is 5.29. The van der Waals surface area contributed by atoms with Crippen molar-refractivity contribution in [1.29, 1.82) is 0 Å². The Kier molecular flexibility index (Phi) is 4.22. The van der Waals surface area contributed by atoms with E-state index in [1.807, 2.05) is 0 Å². The Balaban J connectivity index is 1.83. The minimum atomic E-state index is 0.730. The molecule has 1 N–H and O–H groups in total. The molecule has 0 saturated carbocycles.